The van der Waals surface area contributed by atoms with Crippen molar-refractivity contribution in [1.82, 2.24) is 0 Å². The molecule has 2 aliphatic rings. The third-order valence-corrected chi connectivity index (χ3v) is 8.76. The lowest BCUT2D eigenvalue weighted by Gasteiger charge is -2.26. The number of nitrogens with zero attached hydrogens (tertiary/aromatic N) is 2. The Labute approximate surface area is 185 Å². The lowest BCUT2D eigenvalue weighted by molar-refractivity contribution is -0.119. The largest absolute Gasteiger partial charge is 0.484 e. The quantitative estimate of drug-likeness (QED) is 0.687. The van der Waals surface area contributed by atoms with Crippen molar-refractivity contribution in [2.24, 2.45) is 4.99 Å². The number of sulfone groups is 1. The molecule has 1 amide bonds. The van der Waals surface area contributed by atoms with Gasteiger partial charge < -0.3 is 9.64 Å². The summed E-state index contributed by atoms with van der Waals surface area (Å²) in [4.78, 5) is 18.7. The molecule has 2 saturated heterocycles. The third kappa shape index (κ3) is 4.36. The molecule has 0 radical (unpaired) electrons. The molecule has 2 aromatic carbocycles. The van der Waals surface area contributed by atoms with Crippen LogP contribution in [0.4, 0.5) is 5.69 Å². The average Bonchev–Trinajstić information content (AvgIpc) is 3.14. The summed E-state index contributed by atoms with van der Waals surface area (Å²) >= 11 is 7.21. The van der Waals surface area contributed by atoms with Gasteiger partial charge >= 0.3 is 0 Å². The first-order chi connectivity index (χ1) is 14.2. The van der Waals surface area contributed by atoms with Gasteiger partial charge in [-0.15, -0.1) is 0 Å². The van der Waals surface area contributed by atoms with E-state index in [1.54, 1.807) is 24.3 Å². The number of anilines is 1. The van der Waals surface area contributed by atoms with Crippen molar-refractivity contribution in [3.8, 4) is 5.75 Å². The fourth-order valence-corrected chi connectivity index (χ4v) is 7.71. The Morgan fingerprint density at radius 3 is 2.67 bits per heavy atom. The summed E-state index contributed by atoms with van der Waals surface area (Å²) in [5.41, 5.74) is 3.02. The molecule has 0 aliphatic carbocycles. The number of amides is 1. The van der Waals surface area contributed by atoms with Crippen molar-refractivity contribution in [2.45, 2.75) is 25.1 Å². The highest BCUT2D eigenvalue weighted by Gasteiger charge is 2.49. The number of ether oxygens (including phenoxy) is 1. The van der Waals surface area contributed by atoms with E-state index in [4.69, 9.17) is 16.3 Å². The Morgan fingerprint density at radius 1 is 1.20 bits per heavy atom. The standard InChI is InChI=1S/C21H21ClN2O4S2/c1-13-4-3-5-17(14(13)2)24-18-11-30(26,27)12-19(18)29-21(24)23-20(25)10-28-16-8-6-15(22)7-9-16/h3-9,18-19H,10-12H2,1-2H3. The molecule has 2 aromatic rings. The minimum atomic E-state index is -3.11. The van der Waals surface area contributed by atoms with Crippen LogP contribution < -0.4 is 9.64 Å². The average molecular weight is 465 g/mol. The SMILES string of the molecule is Cc1cccc(N2C(=NC(=O)COc3ccc(Cl)cc3)SC3CS(=O)(=O)CC32)c1C. The molecular formula is C21H21ClN2O4S2. The van der Waals surface area contributed by atoms with Gasteiger partial charge in [0.05, 0.1) is 17.5 Å². The van der Waals surface area contributed by atoms with E-state index in [0.717, 1.165) is 16.8 Å². The Hall–Kier alpha value is -2.03. The highest BCUT2D eigenvalue weighted by molar-refractivity contribution is 8.16. The number of benzene rings is 2. The smallest absolute Gasteiger partial charge is 0.285 e. The van der Waals surface area contributed by atoms with Crippen molar-refractivity contribution in [1.29, 1.82) is 0 Å². The van der Waals surface area contributed by atoms with Gasteiger partial charge in [-0.25, -0.2) is 8.42 Å². The number of aryl methyl sites for hydroxylation is 1. The topological polar surface area (TPSA) is 76.0 Å². The summed E-state index contributed by atoms with van der Waals surface area (Å²) in [6, 6.07) is 12.4. The van der Waals surface area contributed by atoms with Gasteiger partial charge in [-0.2, -0.15) is 4.99 Å². The second-order valence-corrected chi connectivity index (χ2v) is 11.2. The Balaban J connectivity index is 1.59. The summed E-state index contributed by atoms with van der Waals surface area (Å²) in [5, 5.41) is 0.971. The van der Waals surface area contributed by atoms with E-state index < -0.39 is 15.7 Å². The number of amidine groups is 1. The molecule has 0 aromatic heterocycles. The number of rotatable bonds is 4. The van der Waals surface area contributed by atoms with Gasteiger partial charge in [0.2, 0.25) is 0 Å². The molecular weight excluding hydrogens is 444 g/mol. The first-order valence-electron chi connectivity index (χ1n) is 9.46. The van der Waals surface area contributed by atoms with Crippen LogP contribution in [0.25, 0.3) is 0 Å². The van der Waals surface area contributed by atoms with Gasteiger partial charge in [0.1, 0.15) is 5.75 Å². The molecule has 2 unspecified atom stereocenters. The predicted octanol–water partition coefficient (Wildman–Crippen LogP) is 3.64. The summed E-state index contributed by atoms with van der Waals surface area (Å²) in [5.74, 6) is 0.261. The molecule has 2 fully saturated rings. The first kappa shape index (κ1) is 21.2. The van der Waals surface area contributed by atoms with E-state index in [1.165, 1.54) is 11.8 Å². The monoisotopic (exact) mass is 464 g/mol. The Bertz CT molecular complexity index is 1120. The summed E-state index contributed by atoms with van der Waals surface area (Å²) in [6.07, 6.45) is 0. The molecule has 4 rings (SSSR count). The molecule has 0 bridgehead atoms. The van der Waals surface area contributed by atoms with Crippen LogP contribution in [0, 0.1) is 13.8 Å². The minimum Gasteiger partial charge on any atom is -0.484 e. The highest BCUT2D eigenvalue weighted by atomic mass is 35.5. The van der Waals surface area contributed by atoms with E-state index >= 15 is 0 Å². The van der Waals surface area contributed by atoms with Gasteiger partial charge in [-0.1, -0.05) is 35.5 Å². The fourth-order valence-electron chi connectivity index (χ4n) is 3.66. The van der Waals surface area contributed by atoms with Gasteiger partial charge in [0, 0.05) is 16.0 Å². The predicted molar refractivity (Wildman–Crippen MR) is 122 cm³/mol. The molecule has 30 heavy (non-hydrogen) atoms. The van der Waals surface area contributed by atoms with Gasteiger partial charge in [-0.05, 0) is 55.3 Å². The van der Waals surface area contributed by atoms with Crippen LogP contribution in [-0.2, 0) is 14.6 Å². The number of hydrogen-bond donors (Lipinski definition) is 0. The van der Waals surface area contributed by atoms with Gasteiger partial charge in [0.25, 0.3) is 5.91 Å². The molecule has 0 spiro atoms. The second-order valence-electron chi connectivity index (χ2n) is 7.42. The van der Waals surface area contributed by atoms with Crippen LogP contribution in [0.5, 0.6) is 5.75 Å². The summed E-state index contributed by atoms with van der Waals surface area (Å²) in [7, 11) is -3.11. The Morgan fingerprint density at radius 2 is 1.93 bits per heavy atom. The van der Waals surface area contributed by atoms with Crippen LogP contribution in [0.1, 0.15) is 11.1 Å². The van der Waals surface area contributed by atoms with Crippen LogP contribution in [0.3, 0.4) is 0 Å². The van der Waals surface area contributed by atoms with Gasteiger partial charge in [0.15, 0.2) is 21.6 Å². The number of fused-ring (bicyclic) bond motifs is 1. The minimum absolute atomic E-state index is 0.0620. The maximum absolute atomic E-state index is 12.5. The lowest BCUT2D eigenvalue weighted by Crippen LogP contribution is -2.38. The molecule has 2 atom stereocenters. The maximum Gasteiger partial charge on any atom is 0.285 e. The van der Waals surface area contributed by atoms with E-state index in [1.807, 2.05) is 36.9 Å². The Kier molecular flexibility index (Phi) is 5.83. The lowest BCUT2D eigenvalue weighted by atomic mass is 10.1. The van der Waals surface area contributed by atoms with Crippen molar-refractivity contribution in [2.75, 3.05) is 23.0 Å². The van der Waals surface area contributed by atoms with Crippen LogP contribution >= 0.6 is 23.4 Å². The van der Waals surface area contributed by atoms with Crippen LogP contribution in [-0.4, -0.2) is 48.9 Å². The van der Waals surface area contributed by atoms with E-state index in [-0.39, 0.29) is 29.4 Å². The number of carbonyl (C=O) groups excluding carboxylic acids is 1. The molecule has 2 heterocycles. The second kappa shape index (κ2) is 8.24. The van der Waals surface area contributed by atoms with Crippen molar-refractivity contribution in [3.63, 3.8) is 0 Å². The highest BCUT2D eigenvalue weighted by Crippen LogP contribution is 2.42. The van der Waals surface area contributed by atoms with Crippen molar-refractivity contribution in [3.05, 3.63) is 58.6 Å². The van der Waals surface area contributed by atoms with E-state index in [2.05, 4.69) is 4.99 Å². The van der Waals surface area contributed by atoms with Crippen molar-refractivity contribution < 1.29 is 17.9 Å². The number of thioether (sulfide) groups is 1. The number of halogens is 1. The van der Waals surface area contributed by atoms with Crippen LogP contribution in [0.2, 0.25) is 5.02 Å². The zero-order valence-corrected chi connectivity index (χ0v) is 18.9. The molecule has 0 N–H and O–H groups in total. The first-order valence-corrected chi connectivity index (χ1v) is 12.5. The normalized spacial score (nSPS) is 23.6. The van der Waals surface area contributed by atoms with Crippen molar-refractivity contribution >= 4 is 50.0 Å². The van der Waals surface area contributed by atoms with Gasteiger partial charge in [-0.3, -0.25) is 4.79 Å². The summed E-state index contributed by atoms with van der Waals surface area (Å²) in [6.45, 7) is 3.79. The molecule has 0 saturated carbocycles. The molecule has 2 aliphatic heterocycles. The summed E-state index contributed by atoms with van der Waals surface area (Å²) < 4.78 is 29.9. The van der Waals surface area contributed by atoms with E-state index in [0.29, 0.717) is 15.9 Å². The maximum atomic E-state index is 12.5. The molecule has 6 nitrogen and oxygen atoms in total. The van der Waals surface area contributed by atoms with Crippen LogP contribution in [0.15, 0.2) is 47.5 Å². The fraction of sp³-hybridized carbons (Fsp3) is 0.333. The zero-order valence-electron chi connectivity index (χ0n) is 16.5. The number of hydrogen-bond acceptors (Lipinski definition) is 5. The number of carbonyl (C=O) groups is 1. The third-order valence-electron chi connectivity index (χ3n) is 5.30. The zero-order chi connectivity index (χ0) is 21.5. The molecule has 158 valence electrons. The number of aliphatic imine (C=N–C) groups is 1. The van der Waals surface area contributed by atoms with E-state index in [9.17, 15) is 13.2 Å². The molecule has 9 heteroatoms.